The third-order valence-corrected chi connectivity index (χ3v) is 6.40. The molecule has 0 amide bonds. The van der Waals surface area contributed by atoms with Gasteiger partial charge < -0.3 is 10.6 Å². The SMILES string of the molecule is Cc1ccnc(NC(=S)NCc2ccc(S(=O)(=O)N3CCCC3)cc2)c1. The van der Waals surface area contributed by atoms with Gasteiger partial charge in [0.05, 0.1) is 4.90 Å². The summed E-state index contributed by atoms with van der Waals surface area (Å²) in [4.78, 5) is 4.54. The van der Waals surface area contributed by atoms with Crippen LogP contribution in [0.25, 0.3) is 0 Å². The highest BCUT2D eigenvalue weighted by Gasteiger charge is 2.26. The van der Waals surface area contributed by atoms with E-state index in [1.165, 1.54) is 0 Å². The molecule has 2 aromatic rings. The highest BCUT2D eigenvalue weighted by atomic mass is 32.2. The quantitative estimate of drug-likeness (QED) is 0.765. The highest BCUT2D eigenvalue weighted by molar-refractivity contribution is 7.89. The molecule has 1 fully saturated rings. The van der Waals surface area contributed by atoms with Crippen molar-refractivity contribution in [1.29, 1.82) is 0 Å². The summed E-state index contributed by atoms with van der Waals surface area (Å²) in [5.74, 6) is 0.689. The Labute approximate surface area is 159 Å². The summed E-state index contributed by atoms with van der Waals surface area (Å²) < 4.78 is 26.6. The van der Waals surface area contributed by atoms with Crippen molar-refractivity contribution in [2.24, 2.45) is 0 Å². The van der Waals surface area contributed by atoms with Crippen molar-refractivity contribution < 1.29 is 8.42 Å². The van der Waals surface area contributed by atoms with E-state index < -0.39 is 10.0 Å². The molecule has 1 aliphatic rings. The molecule has 0 atom stereocenters. The summed E-state index contributed by atoms with van der Waals surface area (Å²) in [5.41, 5.74) is 2.05. The van der Waals surface area contributed by atoms with Crippen LogP contribution in [0.15, 0.2) is 47.5 Å². The van der Waals surface area contributed by atoms with Gasteiger partial charge in [0.2, 0.25) is 10.0 Å². The predicted octanol–water partition coefficient (Wildman–Crippen LogP) is 2.66. The Morgan fingerprint density at radius 3 is 2.54 bits per heavy atom. The van der Waals surface area contributed by atoms with Crippen LogP contribution in [0, 0.1) is 6.92 Å². The van der Waals surface area contributed by atoms with Crippen molar-refractivity contribution >= 4 is 33.2 Å². The van der Waals surface area contributed by atoms with Gasteiger partial charge in [-0.25, -0.2) is 13.4 Å². The maximum absolute atomic E-state index is 12.5. The molecule has 1 aliphatic heterocycles. The van der Waals surface area contributed by atoms with E-state index in [0.717, 1.165) is 24.0 Å². The van der Waals surface area contributed by atoms with E-state index in [9.17, 15) is 8.42 Å². The second-order valence-electron chi connectivity index (χ2n) is 6.28. The molecule has 2 heterocycles. The molecule has 6 nitrogen and oxygen atoms in total. The number of benzene rings is 1. The van der Waals surface area contributed by atoms with Crippen molar-refractivity contribution in [2.45, 2.75) is 31.2 Å². The average Bonchev–Trinajstić information content (AvgIpc) is 3.16. The maximum Gasteiger partial charge on any atom is 0.243 e. The van der Waals surface area contributed by atoms with Crippen LogP contribution >= 0.6 is 12.2 Å². The smallest absolute Gasteiger partial charge is 0.243 e. The molecular formula is C18H22N4O2S2. The van der Waals surface area contributed by atoms with E-state index >= 15 is 0 Å². The molecule has 1 aromatic carbocycles. The first kappa shape index (κ1) is 18.8. The minimum atomic E-state index is -3.36. The van der Waals surface area contributed by atoms with Crippen molar-refractivity contribution in [3.8, 4) is 0 Å². The fourth-order valence-corrected chi connectivity index (χ4v) is 4.50. The van der Waals surface area contributed by atoms with Gasteiger partial charge in [0.15, 0.2) is 5.11 Å². The summed E-state index contributed by atoms with van der Waals surface area (Å²) >= 11 is 5.27. The van der Waals surface area contributed by atoms with Crippen molar-refractivity contribution in [3.63, 3.8) is 0 Å². The Balaban J connectivity index is 1.56. The minimum Gasteiger partial charge on any atom is -0.358 e. The molecule has 0 spiro atoms. The average molecular weight is 391 g/mol. The molecule has 26 heavy (non-hydrogen) atoms. The molecule has 8 heteroatoms. The molecular weight excluding hydrogens is 368 g/mol. The summed E-state index contributed by atoms with van der Waals surface area (Å²) in [6, 6.07) is 10.8. The number of hydrogen-bond acceptors (Lipinski definition) is 4. The standard InChI is InChI=1S/C18H22N4O2S2/c1-14-8-9-19-17(12-14)21-18(25)20-13-15-4-6-16(7-5-15)26(23,24)22-10-2-3-11-22/h4-9,12H,2-3,10-11,13H2,1H3,(H2,19,20,21,25). The van der Waals surface area contributed by atoms with Gasteiger partial charge in [0.25, 0.3) is 0 Å². The van der Waals surface area contributed by atoms with Gasteiger partial charge in [-0.2, -0.15) is 4.31 Å². The number of aryl methyl sites for hydroxylation is 1. The third kappa shape index (κ3) is 4.57. The second kappa shape index (κ2) is 8.11. The van der Waals surface area contributed by atoms with E-state index in [4.69, 9.17) is 12.2 Å². The third-order valence-electron chi connectivity index (χ3n) is 4.24. The normalized spacial score (nSPS) is 15.0. The highest BCUT2D eigenvalue weighted by Crippen LogP contribution is 2.21. The van der Waals surface area contributed by atoms with Crippen molar-refractivity contribution in [1.82, 2.24) is 14.6 Å². The van der Waals surface area contributed by atoms with Crippen LogP contribution in [0.3, 0.4) is 0 Å². The number of nitrogens with one attached hydrogen (secondary N) is 2. The molecule has 3 rings (SSSR count). The molecule has 0 unspecified atom stereocenters. The fraction of sp³-hybridized carbons (Fsp3) is 0.333. The van der Waals surface area contributed by atoms with Crippen LogP contribution in [-0.4, -0.2) is 35.9 Å². The van der Waals surface area contributed by atoms with Crippen molar-refractivity contribution in [2.75, 3.05) is 18.4 Å². The number of thiocarbonyl (C=S) groups is 1. The molecule has 138 valence electrons. The predicted molar refractivity (Wildman–Crippen MR) is 106 cm³/mol. The van der Waals surface area contributed by atoms with Crippen LogP contribution in [0.2, 0.25) is 0 Å². The van der Waals surface area contributed by atoms with E-state index in [1.807, 2.05) is 31.2 Å². The molecule has 1 saturated heterocycles. The number of pyridine rings is 1. The zero-order valence-corrected chi connectivity index (χ0v) is 16.2. The molecule has 0 bridgehead atoms. The van der Waals surface area contributed by atoms with Gasteiger partial charge in [-0.15, -0.1) is 0 Å². The molecule has 0 radical (unpaired) electrons. The van der Waals surface area contributed by atoms with Gasteiger partial charge in [0.1, 0.15) is 5.82 Å². The maximum atomic E-state index is 12.5. The molecule has 0 saturated carbocycles. The van der Waals surface area contributed by atoms with Gasteiger partial charge in [-0.1, -0.05) is 12.1 Å². The zero-order valence-electron chi connectivity index (χ0n) is 14.6. The molecule has 2 N–H and O–H groups in total. The summed E-state index contributed by atoms with van der Waals surface area (Å²) in [7, 11) is -3.36. The summed E-state index contributed by atoms with van der Waals surface area (Å²) in [6.45, 7) is 3.71. The Bertz CT molecular complexity index is 876. The number of aromatic nitrogens is 1. The topological polar surface area (TPSA) is 74.3 Å². The number of nitrogens with zero attached hydrogens (tertiary/aromatic N) is 2. The van der Waals surface area contributed by atoms with Crippen LogP contribution in [-0.2, 0) is 16.6 Å². The van der Waals surface area contributed by atoms with Gasteiger partial charge in [-0.05, 0) is 67.4 Å². The van der Waals surface area contributed by atoms with E-state index in [0.29, 0.717) is 35.5 Å². The Morgan fingerprint density at radius 2 is 1.88 bits per heavy atom. The lowest BCUT2D eigenvalue weighted by atomic mass is 10.2. The summed E-state index contributed by atoms with van der Waals surface area (Å²) in [6.07, 6.45) is 3.59. The lowest BCUT2D eigenvalue weighted by Gasteiger charge is -2.16. The van der Waals surface area contributed by atoms with E-state index in [2.05, 4.69) is 15.6 Å². The van der Waals surface area contributed by atoms with Gasteiger partial charge in [-0.3, -0.25) is 0 Å². The van der Waals surface area contributed by atoms with Gasteiger partial charge >= 0.3 is 0 Å². The minimum absolute atomic E-state index is 0.341. The lowest BCUT2D eigenvalue weighted by Crippen LogP contribution is -2.29. The number of anilines is 1. The number of rotatable bonds is 5. The number of sulfonamides is 1. The Hall–Kier alpha value is -2.03. The first-order valence-corrected chi connectivity index (χ1v) is 10.4. The van der Waals surface area contributed by atoms with E-state index in [1.54, 1.807) is 22.6 Å². The number of hydrogen-bond donors (Lipinski definition) is 2. The van der Waals surface area contributed by atoms with Gasteiger partial charge in [0, 0.05) is 25.8 Å². The zero-order chi connectivity index (χ0) is 18.6. The molecule has 1 aromatic heterocycles. The Kier molecular flexibility index (Phi) is 5.85. The van der Waals surface area contributed by atoms with E-state index in [-0.39, 0.29) is 0 Å². The van der Waals surface area contributed by atoms with Crippen molar-refractivity contribution in [3.05, 3.63) is 53.7 Å². The molecule has 0 aliphatic carbocycles. The lowest BCUT2D eigenvalue weighted by molar-refractivity contribution is 0.477. The second-order valence-corrected chi connectivity index (χ2v) is 8.63. The van der Waals surface area contributed by atoms with Crippen LogP contribution in [0.1, 0.15) is 24.0 Å². The first-order chi connectivity index (χ1) is 12.4. The first-order valence-electron chi connectivity index (χ1n) is 8.52. The fourth-order valence-electron chi connectivity index (χ4n) is 2.80. The largest absolute Gasteiger partial charge is 0.358 e. The summed E-state index contributed by atoms with van der Waals surface area (Å²) in [5, 5.41) is 6.60. The van der Waals surface area contributed by atoms with Crippen LogP contribution in [0.5, 0.6) is 0 Å². The monoisotopic (exact) mass is 390 g/mol. The Morgan fingerprint density at radius 1 is 1.19 bits per heavy atom. The van der Waals surface area contributed by atoms with Crippen LogP contribution in [0.4, 0.5) is 5.82 Å². The van der Waals surface area contributed by atoms with Crippen LogP contribution < -0.4 is 10.6 Å².